The number of nitrogens with zero attached hydrogens (tertiary/aromatic N) is 2. The Labute approximate surface area is 153 Å². The second kappa shape index (κ2) is 8.47. The van der Waals surface area contributed by atoms with Gasteiger partial charge in [0.25, 0.3) is 0 Å². The Balaban J connectivity index is 1.65. The molecule has 5 nitrogen and oxygen atoms in total. The van der Waals surface area contributed by atoms with E-state index in [-0.39, 0.29) is 11.9 Å². The Hall–Kier alpha value is -1.89. The predicted octanol–water partition coefficient (Wildman–Crippen LogP) is 2.40. The molecule has 0 aliphatic carbocycles. The third-order valence-corrected chi connectivity index (χ3v) is 5.54. The first-order valence-corrected chi connectivity index (χ1v) is 9.45. The third kappa shape index (κ3) is 4.81. The summed E-state index contributed by atoms with van der Waals surface area (Å²) in [5.41, 5.74) is 7.42. The number of hydrogen-bond donors (Lipinski definition) is 1. The second-order valence-electron chi connectivity index (χ2n) is 6.37. The van der Waals surface area contributed by atoms with Gasteiger partial charge < -0.3 is 15.4 Å². The van der Waals surface area contributed by atoms with Gasteiger partial charge in [-0.2, -0.15) is 0 Å². The van der Waals surface area contributed by atoms with Crippen LogP contribution in [-0.2, 0) is 16.0 Å². The van der Waals surface area contributed by atoms with E-state index in [0.717, 1.165) is 37.6 Å². The van der Waals surface area contributed by atoms with Crippen LogP contribution in [0.15, 0.2) is 41.8 Å². The highest BCUT2D eigenvalue weighted by atomic mass is 32.1. The monoisotopic (exact) mass is 359 g/mol. The molecule has 3 rings (SSSR count). The molecule has 25 heavy (non-hydrogen) atoms. The summed E-state index contributed by atoms with van der Waals surface area (Å²) in [5, 5.41) is 2.10. The first-order valence-electron chi connectivity index (χ1n) is 8.57. The van der Waals surface area contributed by atoms with E-state index in [1.165, 1.54) is 4.88 Å². The van der Waals surface area contributed by atoms with Gasteiger partial charge >= 0.3 is 0 Å². The van der Waals surface area contributed by atoms with E-state index in [2.05, 4.69) is 22.4 Å². The Kier molecular flexibility index (Phi) is 6.07. The summed E-state index contributed by atoms with van der Waals surface area (Å²) in [6.07, 6.45) is 0.400. The van der Waals surface area contributed by atoms with Crippen molar-refractivity contribution in [3.8, 4) is 0 Å². The molecule has 134 valence electrons. The lowest BCUT2D eigenvalue weighted by Gasteiger charge is -2.36. The third-order valence-electron chi connectivity index (χ3n) is 4.57. The molecule has 1 aliphatic rings. The van der Waals surface area contributed by atoms with Crippen LogP contribution in [0.4, 0.5) is 5.69 Å². The Morgan fingerprint density at radius 1 is 1.28 bits per heavy atom. The topological polar surface area (TPSA) is 58.8 Å². The summed E-state index contributed by atoms with van der Waals surface area (Å²) in [6.45, 7) is 4.01. The maximum atomic E-state index is 12.6. The number of benzene rings is 1. The van der Waals surface area contributed by atoms with Gasteiger partial charge in [-0.05, 0) is 29.1 Å². The summed E-state index contributed by atoms with van der Waals surface area (Å²) in [5.74, 6) is 0.125. The van der Waals surface area contributed by atoms with Gasteiger partial charge in [0.15, 0.2) is 0 Å². The quantitative estimate of drug-likeness (QED) is 0.805. The van der Waals surface area contributed by atoms with E-state index in [9.17, 15) is 4.79 Å². The van der Waals surface area contributed by atoms with Gasteiger partial charge in [0.2, 0.25) is 5.91 Å². The summed E-state index contributed by atoms with van der Waals surface area (Å²) in [4.78, 5) is 18.2. The number of amides is 1. The molecule has 1 unspecified atom stereocenters. The highest BCUT2D eigenvalue weighted by Gasteiger charge is 2.26. The van der Waals surface area contributed by atoms with Crippen molar-refractivity contribution in [1.82, 2.24) is 9.80 Å². The number of carbonyl (C=O) groups is 1. The summed E-state index contributed by atoms with van der Waals surface area (Å²) < 4.78 is 5.48. The average Bonchev–Trinajstić information content (AvgIpc) is 3.16. The van der Waals surface area contributed by atoms with Crippen LogP contribution in [-0.4, -0.2) is 55.6 Å². The van der Waals surface area contributed by atoms with E-state index in [1.54, 1.807) is 11.3 Å². The minimum atomic E-state index is 0.125. The molecule has 1 fully saturated rings. The molecule has 1 amide bonds. The maximum Gasteiger partial charge on any atom is 0.226 e. The largest absolute Gasteiger partial charge is 0.399 e. The molecule has 1 saturated heterocycles. The van der Waals surface area contributed by atoms with Crippen LogP contribution < -0.4 is 5.73 Å². The highest BCUT2D eigenvalue weighted by Crippen LogP contribution is 2.27. The van der Waals surface area contributed by atoms with Crippen LogP contribution in [0.25, 0.3) is 0 Å². The number of carbonyl (C=O) groups excluding carboxylic acids is 1. The average molecular weight is 359 g/mol. The fourth-order valence-corrected chi connectivity index (χ4v) is 3.91. The van der Waals surface area contributed by atoms with Crippen molar-refractivity contribution in [3.05, 3.63) is 52.2 Å². The lowest BCUT2D eigenvalue weighted by molar-refractivity contribution is -0.130. The van der Waals surface area contributed by atoms with Crippen LogP contribution in [0.1, 0.15) is 16.5 Å². The maximum absolute atomic E-state index is 12.6. The number of nitrogens with two attached hydrogens (primary N) is 1. The van der Waals surface area contributed by atoms with E-state index in [4.69, 9.17) is 10.5 Å². The number of hydrogen-bond acceptors (Lipinski definition) is 5. The zero-order valence-electron chi connectivity index (χ0n) is 14.6. The summed E-state index contributed by atoms with van der Waals surface area (Å²) in [7, 11) is 1.89. The lowest BCUT2D eigenvalue weighted by Crippen LogP contribution is -2.44. The zero-order valence-corrected chi connectivity index (χ0v) is 15.4. The van der Waals surface area contributed by atoms with Crippen LogP contribution >= 0.6 is 11.3 Å². The van der Waals surface area contributed by atoms with Crippen LogP contribution in [0.2, 0.25) is 0 Å². The minimum absolute atomic E-state index is 0.125. The smallest absolute Gasteiger partial charge is 0.226 e. The normalized spacial score (nSPS) is 16.5. The Morgan fingerprint density at radius 2 is 2.00 bits per heavy atom. The van der Waals surface area contributed by atoms with Gasteiger partial charge in [-0.25, -0.2) is 0 Å². The van der Waals surface area contributed by atoms with Crippen molar-refractivity contribution in [1.29, 1.82) is 0 Å². The molecule has 1 atom stereocenters. The number of ether oxygens (including phenoxy) is 1. The summed E-state index contributed by atoms with van der Waals surface area (Å²) in [6, 6.07) is 12.0. The molecule has 0 radical (unpaired) electrons. The van der Waals surface area contributed by atoms with Gasteiger partial charge in [-0.1, -0.05) is 18.2 Å². The Morgan fingerprint density at radius 3 is 2.64 bits per heavy atom. The van der Waals surface area contributed by atoms with Crippen molar-refractivity contribution < 1.29 is 9.53 Å². The number of thiophene rings is 1. The minimum Gasteiger partial charge on any atom is -0.399 e. The fraction of sp³-hybridized carbons (Fsp3) is 0.421. The predicted molar refractivity (Wildman–Crippen MR) is 102 cm³/mol. The first-order chi connectivity index (χ1) is 12.1. The first kappa shape index (κ1) is 17.9. The summed E-state index contributed by atoms with van der Waals surface area (Å²) >= 11 is 1.75. The van der Waals surface area contributed by atoms with Gasteiger partial charge in [-0.15, -0.1) is 11.3 Å². The molecule has 0 spiro atoms. The number of anilines is 1. The molecule has 1 aliphatic heterocycles. The molecule has 2 heterocycles. The lowest BCUT2D eigenvalue weighted by atomic mass is 10.1. The zero-order chi connectivity index (χ0) is 17.6. The SMILES string of the molecule is CN(CC(c1cccs1)N1CCOCC1)C(=O)Cc1ccc(N)cc1. The van der Waals surface area contributed by atoms with E-state index >= 15 is 0 Å². The van der Waals surface area contributed by atoms with Crippen molar-refractivity contribution >= 4 is 22.9 Å². The van der Waals surface area contributed by atoms with Crippen molar-refractivity contribution in [2.75, 3.05) is 45.6 Å². The Bertz CT molecular complexity index is 666. The molecule has 1 aromatic carbocycles. The molecular weight excluding hydrogens is 334 g/mol. The molecular formula is C19H25N3O2S. The molecule has 2 N–H and O–H groups in total. The molecule has 6 heteroatoms. The molecule has 1 aromatic heterocycles. The molecule has 0 saturated carbocycles. The van der Waals surface area contributed by atoms with Crippen molar-refractivity contribution in [2.45, 2.75) is 12.5 Å². The van der Waals surface area contributed by atoms with E-state index in [1.807, 2.05) is 36.2 Å². The number of morpholine rings is 1. The van der Waals surface area contributed by atoms with Gasteiger partial charge in [0.1, 0.15) is 0 Å². The van der Waals surface area contributed by atoms with E-state index in [0.29, 0.717) is 13.0 Å². The van der Waals surface area contributed by atoms with E-state index < -0.39 is 0 Å². The highest BCUT2D eigenvalue weighted by molar-refractivity contribution is 7.10. The second-order valence-corrected chi connectivity index (χ2v) is 7.35. The molecule has 2 aromatic rings. The van der Waals surface area contributed by atoms with Gasteiger partial charge in [0.05, 0.1) is 25.7 Å². The number of likely N-dealkylation sites (N-methyl/N-ethyl adjacent to an activating group) is 1. The van der Waals surface area contributed by atoms with Gasteiger partial charge in [0, 0.05) is 37.2 Å². The molecule has 0 bridgehead atoms. The van der Waals surface area contributed by atoms with Crippen LogP contribution in [0, 0.1) is 0 Å². The standard InChI is InChI=1S/C19H25N3O2S/c1-21(19(23)13-15-4-6-16(20)7-5-15)14-17(18-3-2-12-25-18)22-8-10-24-11-9-22/h2-7,12,17H,8-11,13-14,20H2,1H3. The van der Waals surface area contributed by atoms with Crippen LogP contribution in [0.5, 0.6) is 0 Å². The van der Waals surface area contributed by atoms with Crippen LogP contribution in [0.3, 0.4) is 0 Å². The van der Waals surface area contributed by atoms with Crippen molar-refractivity contribution in [3.63, 3.8) is 0 Å². The fourth-order valence-electron chi connectivity index (χ4n) is 3.06. The van der Waals surface area contributed by atoms with Gasteiger partial charge in [-0.3, -0.25) is 9.69 Å². The number of nitrogen functional groups attached to an aromatic ring is 1. The number of rotatable bonds is 6. The van der Waals surface area contributed by atoms with Crippen molar-refractivity contribution in [2.24, 2.45) is 0 Å².